The van der Waals surface area contributed by atoms with Crippen LogP contribution in [-0.4, -0.2) is 6.61 Å². The average Bonchev–Trinajstić information content (AvgIpc) is 2.24. The first kappa shape index (κ1) is 12.4. The van der Waals surface area contributed by atoms with Crippen LogP contribution in [0.1, 0.15) is 36.1 Å². The normalized spacial score (nSPS) is 10.5. The van der Waals surface area contributed by atoms with Crippen LogP contribution in [0.3, 0.4) is 0 Å². The van der Waals surface area contributed by atoms with Crippen molar-refractivity contribution in [1.82, 2.24) is 0 Å². The average molecular weight is 227 g/mol. The van der Waals surface area contributed by atoms with E-state index < -0.39 is 0 Å². The first-order valence-electron chi connectivity index (χ1n) is 5.45. The Kier molecular flexibility index (Phi) is 4.04. The maximum Gasteiger partial charge on any atom is 0.125 e. The van der Waals surface area contributed by atoms with Crippen LogP contribution in [0.25, 0.3) is 0 Å². The molecular weight excluding hydrogens is 208 g/mol. The van der Waals surface area contributed by atoms with Crippen LogP contribution in [0.4, 0.5) is 0 Å². The molecule has 15 heavy (non-hydrogen) atoms. The SMILES string of the molecule is CCOc1c(C)c(C)c(Cl)c(C)c1CC. The van der Waals surface area contributed by atoms with Gasteiger partial charge in [-0.25, -0.2) is 0 Å². The van der Waals surface area contributed by atoms with E-state index in [1.54, 1.807) is 0 Å². The second-order valence-electron chi connectivity index (χ2n) is 3.78. The molecule has 0 N–H and O–H groups in total. The van der Waals surface area contributed by atoms with Crippen molar-refractivity contribution in [1.29, 1.82) is 0 Å². The fourth-order valence-corrected chi connectivity index (χ4v) is 2.17. The maximum atomic E-state index is 6.28. The van der Waals surface area contributed by atoms with Gasteiger partial charge in [0.25, 0.3) is 0 Å². The number of benzene rings is 1. The Labute approximate surface area is 97.4 Å². The minimum Gasteiger partial charge on any atom is -0.493 e. The molecule has 0 aliphatic rings. The summed E-state index contributed by atoms with van der Waals surface area (Å²) in [4.78, 5) is 0. The first-order chi connectivity index (χ1) is 7.04. The fraction of sp³-hybridized carbons (Fsp3) is 0.538. The summed E-state index contributed by atoms with van der Waals surface area (Å²) in [5, 5.41) is 0.882. The molecule has 0 radical (unpaired) electrons. The summed E-state index contributed by atoms with van der Waals surface area (Å²) in [6.07, 6.45) is 0.960. The van der Waals surface area contributed by atoms with Crippen molar-refractivity contribution in [2.45, 2.75) is 41.0 Å². The Balaban J connectivity index is 3.47. The van der Waals surface area contributed by atoms with Gasteiger partial charge in [-0.15, -0.1) is 0 Å². The minimum atomic E-state index is 0.703. The highest BCUT2D eigenvalue weighted by Crippen LogP contribution is 2.36. The van der Waals surface area contributed by atoms with Gasteiger partial charge in [0.1, 0.15) is 5.75 Å². The largest absolute Gasteiger partial charge is 0.493 e. The van der Waals surface area contributed by atoms with Gasteiger partial charge in [0.05, 0.1) is 6.61 Å². The standard InChI is InChI=1S/C13H19ClO/c1-6-11-10(5)12(14)8(3)9(4)13(11)15-7-2/h6-7H2,1-5H3. The summed E-state index contributed by atoms with van der Waals surface area (Å²) >= 11 is 6.28. The summed E-state index contributed by atoms with van der Waals surface area (Å²) in [7, 11) is 0. The Hall–Kier alpha value is -0.690. The topological polar surface area (TPSA) is 9.23 Å². The fourth-order valence-electron chi connectivity index (χ4n) is 1.91. The number of ether oxygens (including phenoxy) is 1. The van der Waals surface area contributed by atoms with Crippen LogP contribution in [0.2, 0.25) is 5.02 Å². The molecule has 0 saturated heterocycles. The van der Waals surface area contributed by atoms with E-state index in [0.717, 1.165) is 28.3 Å². The molecule has 0 saturated carbocycles. The van der Waals surface area contributed by atoms with Crippen molar-refractivity contribution in [2.75, 3.05) is 6.61 Å². The minimum absolute atomic E-state index is 0.703. The molecule has 0 aromatic heterocycles. The van der Waals surface area contributed by atoms with Crippen molar-refractivity contribution in [3.05, 3.63) is 27.3 Å². The van der Waals surface area contributed by atoms with Crippen molar-refractivity contribution >= 4 is 11.6 Å². The smallest absolute Gasteiger partial charge is 0.125 e. The van der Waals surface area contributed by atoms with Gasteiger partial charge in [0.2, 0.25) is 0 Å². The van der Waals surface area contributed by atoms with E-state index in [1.165, 1.54) is 11.1 Å². The predicted octanol–water partition coefficient (Wildman–Crippen LogP) is 4.23. The highest BCUT2D eigenvalue weighted by atomic mass is 35.5. The summed E-state index contributed by atoms with van der Waals surface area (Å²) in [5.74, 6) is 1.03. The number of rotatable bonds is 3. The van der Waals surface area contributed by atoms with Crippen LogP contribution in [0.15, 0.2) is 0 Å². The maximum absolute atomic E-state index is 6.28. The number of hydrogen-bond acceptors (Lipinski definition) is 1. The zero-order valence-electron chi connectivity index (χ0n) is 10.2. The van der Waals surface area contributed by atoms with Gasteiger partial charge in [0, 0.05) is 5.02 Å². The van der Waals surface area contributed by atoms with E-state index in [0.29, 0.717) is 6.61 Å². The zero-order valence-corrected chi connectivity index (χ0v) is 11.0. The molecule has 1 aromatic rings. The van der Waals surface area contributed by atoms with E-state index in [9.17, 15) is 0 Å². The Bertz CT molecular complexity index is 370. The van der Waals surface area contributed by atoms with Gasteiger partial charge in [-0.2, -0.15) is 0 Å². The van der Waals surface area contributed by atoms with Crippen LogP contribution in [0.5, 0.6) is 5.75 Å². The predicted molar refractivity (Wildman–Crippen MR) is 66.2 cm³/mol. The molecule has 1 aromatic carbocycles. The van der Waals surface area contributed by atoms with Gasteiger partial charge in [0.15, 0.2) is 0 Å². The molecule has 0 spiro atoms. The molecule has 0 aliphatic carbocycles. The summed E-state index contributed by atoms with van der Waals surface area (Å²) in [6, 6.07) is 0. The molecule has 0 amide bonds. The molecule has 0 fully saturated rings. The molecule has 1 rings (SSSR count). The molecule has 0 heterocycles. The Morgan fingerprint density at radius 2 is 1.60 bits per heavy atom. The van der Waals surface area contributed by atoms with Crippen LogP contribution < -0.4 is 4.74 Å². The molecule has 84 valence electrons. The van der Waals surface area contributed by atoms with Crippen molar-refractivity contribution in [3.63, 3.8) is 0 Å². The molecule has 0 atom stereocenters. The second-order valence-corrected chi connectivity index (χ2v) is 4.16. The summed E-state index contributed by atoms with van der Waals surface area (Å²) in [6.45, 7) is 11.0. The van der Waals surface area contributed by atoms with E-state index in [4.69, 9.17) is 16.3 Å². The molecule has 0 unspecified atom stereocenters. The van der Waals surface area contributed by atoms with E-state index >= 15 is 0 Å². The van der Waals surface area contributed by atoms with Gasteiger partial charge < -0.3 is 4.74 Å². The second kappa shape index (κ2) is 4.89. The van der Waals surface area contributed by atoms with E-state index in [1.807, 2.05) is 13.8 Å². The lowest BCUT2D eigenvalue weighted by Gasteiger charge is -2.18. The van der Waals surface area contributed by atoms with Crippen LogP contribution in [0, 0.1) is 20.8 Å². The highest BCUT2D eigenvalue weighted by molar-refractivity contribution is 6.32. The van der Waals surface area contributed by atoms with Crippen molar-refractivity contribution in [2.24, 2.45) is 0 Å². The highest BCUT2D eigenvalue weighted by Gasteiger charge is 2.15. The van der Waals surface area contributed by atoms with E-state index in [-0.39, 0.29) is 0 Å². The van der Waals surface area contributed by atoms with Crippen LogP contribution >= 0.6 is 11.6 Å². The lowest BCUT2D eigenvalue weighted by molar-refractivity contribution is 0.334. The number of hydrogen-bond donors (Lipinski definition) is 0. The zero-order chi connectivity index (χ0) is 11.6. The lowest BCUT2D eigenvalue weighted by Crippen LogP contribution is -2.03. The first-order valence-corrected chi connectivity index (χ1v) is 5.83. The third-order valence-corrected chi connectivity index (χ3v) is 3.50. The Morgan fingerprint density at radius 3 is 2.07 bits per heavy atom. The summed E-state index contributed by atoms with van der Waals surface area (Å²) < 4.78 is 5.72. The van der Waals surface area contributed by atoms with Gasteiger partial charge in [-0.05, 0) is 56.4 Å². The van der Waals surface area contributed by atoms with Gasteiger partial charge in [-0.1, -0.05) is 18.5 Å². The quantitative estimate of drug-likeness (QED) is 0.750. The summed E-state index contributed by atoms with van der Waals surface area (Å²) in [5.41, 5.74) is 4.70. The van der Waals surface area contributed by atoms with Gasteiger partial charge >= 0.3 is 0 Å². The van der Waals surface area contributed by atoms with Crippen LogP contribution in [-0.2, 0) is 6.42 Å². The van der Waals surface area contributed by atoms with Gasteiger partial charge in [-0.3, -0.25) is 0 Å². The molecule has 0 aliphatic heterocycles. The van der Waals surface area contributed by atoms with Crippen molar-refractivity contribution in [3.8, 4) is 5.75 Å². The monoisotopic (exact) mass is 226 g/mol. The molecule has 2 heteroatoms. The third-order valence-electron chi connectivity index (χ3n) is 2.93. The Morgan fingerprint density at radius 1 is 1.00 bits per heavy atom. The number of halogens is 1. The van der Waals surface area contributed by atoms with E-state index in [2.05, 4.69) is 20.8 Å². The third kappa shape index (κ3) is 2.12. The lowest BCUT2D eigenvalue weighted by atomic mass is 9.97. The molecular formula is C13H19ClO. The van der Waals surface area contributed by atoms with Crippen molar-refractivity contribution < 1.29 is 4.74 Å². The molecule has 0 bridgehead atoms. The molecule has 1 nitrogen and oxygen atoms in total.